The first-order valence-electron chi connectivity index (χ1n) is 5.78. The van der Waals surface area contributed by atoms with Crippen LogP contribution >= 0.6 is 0 Å². The Morgan fingerprint density at radius 3 is 2.75 bits per heavy atom. The first-order valence-corrected chi connectivity index (χ1v) is 5.78. The number of rotatable bonds is 3. The Labute approximate surface area is 93.8 Å². The third-order valence-electron chi connectivity index (χ3n) is 3.10. The summed E-state index contributed by atoms with van der Waals surface area (Å²) in [6.45, 7) is 4.35. The third kappa shape index (κ3) is 2.24. The summed E-state index contributed by atoms with van der Waals surface area (Å²) < 4.78 is 27.3. The molecule has 1 N–H and O–H groups in total. The molecule has 0 atom stereocenters. The Bertz CT molecular complexity index is 343. The normalized spacial score (nSPS) is 18.2. The molecule has 2 rings (SSSR count). The van der Waals surface area contributed by atoms with Crippen LogP contribution < -0.4 is 5.32 Å². The number of alkyl halides is 2. The van der Waals surface area contributed by atoms with Gasteiger partial charge in [0.1, 0.15) is 0 Å². The van der Waals surface area contributed by atoms with Crippen molar-refractivity contribution in [2.45, 2.75) is 38.7 Å². The molecule has 0 aromatic carbocycles. The number of nitrogens with zero attached hydrogens (tertiary/aromatic N) is 2. The highest BCUT2D eigenvalue weighted by Gasteiger charge is 2.25. The smallest absolute Gasteiger partial charge is 0.267 e. The Kier molecular flexibility index (Phi) is 3.53. The second-order valence-corrected chi connectivity index (χ2v) is 4.15. The Hall–Kier alpha value is -0.970. The highest BCUT2D eigenvalue weighted by atomic mass is 19.3. The molecule has 0 unspecified atom stereocenters. The minimum absolute atomic E-state index is 0.119. The van der Waals surface area contributed by atoms with E-state index in [0.29, 0.717) is 12.2 Å². The summed E-state index contributed by atoms with van der Waals surface area (Å²) in [6.07, 6.45) is 0.883. The Morgan fingerprint density at radius 1 is 1.50 bits per heavy atom. The van der Waals surface area contributed by atoms with Crippen LogP contribution in [0.2, 0.25) is 0 Å². The maximum atomic E-state index is 12.9. The largest absolute Gasteiger partial charge is 0.317 e. The van der Waals surface area contributed by atoms with Crippen LogP contribution in [0.1, 0.15) is 43.4 Å². The standard InChI is InChI=1S/C11H17F2N3/c1-2-16-7-9(11(12)13)10(15-16)8-3-5-14-6-4-8/h7-8,11,14H,2-6H2,1H3. The van der Waals surface area contributed by atoms with Gasteiger partial charge in [-0.2, -0.15) is 5.10 Å². The van der Waals surface area contributed by atoms with Crippen molar-refractivity contribution < 1.29 is 8.78 Å². The lowest BCUT2D eigenvalue weighted by atomic mass is 9.92. The molecule has 1 aliphatic rings. The topological polar surface area (TPSA) is 29.9 Å². The average Bonchev–Trinajstić information content (AvgIpc) is 2.74. The zero-order valence-electron chi connectivity index (χ0n) is 9.42. The molecule has 0 saturated carbocycles. The van der Waals surface area contributed by atoms with Crippen molar-refractivity contribution in [3.05, 3.63) is 17.5 Å². The highest BCUT2D eigenvalue weighted by molar-refractivity contribution is 5.23. The van der Waals surface area contributed by atoms with Gasteiger partial charge in [-0.1, -0.05) is 0 Å². The molecule has 0 spiro atoms. The highest BCUT2D eigenvalue weighted by Crippen LogP contribution is 2.32. The number of piperidine rings is 1. The monoisotopic (exact) mass is 229 g/mol. The quantitative estimate of drug-likeness (QED) is 0.862. The van der Waals surface area contributed by atoms with Gasteiger partial charge in [-0.3, -0.25) is 4.68 Å². The van der Waals surface area contributed by atoms with Gasteiger partial charge in [0, 0.05) is 18.7 Å². The third-order valence-corrected chi connectivity index (χ3v) is 3.10. The predicted octanol–water partition coefficient (Wildman–Crippen LogP) is 2.31. The van der Waals surface area contributed by atoms with Crippen molar-refractivity contribution in [1.29, 1.82) is 0 Å². The summed E-state index contributed by atoms with van der Waals surface area (Å²) in [6, 6.07) is 0. The Morgan fingerprint density at radius 2 is 2.19 bits per heavy atom. The number of nitrogens with one attached hydrogen (secondary N) is 1. The van der Waals surface area contributed by atoms with Crippen LogP contribution in [0.5, 0.6) is 0 Å². The molecule has 0 radical (unpaired) electrons. The fourth-order valence-corrected chi connectivity index (χ4v) is 2.19. The van der Waals surface area contributed by atoms with Gasteiger partial charge in [-0.15, -0.1) is 0 Å². The average molecular weight is 229 g/mol. The SMILES string of the molecule is CCn1cc(C(F)F)c(C2CCNCC2)n1. The van der Waals surface area contributed by atoms with E-state index in [1.807, 2.05) is 6.92 Å². The number of hydrogen-bond acceptors (Lipinski definition) is 2. The van der Waals surface area contributed by atoms with E-state index in [1.54, 1.807) is 4.68 Å². The number of aromatic nitrogens is 2. The molecule has 1 aromatic rings. The van der Waals surface area contributed by atoms with Crippen molar-refractivity contribution in [3.8, 4) is 0 Å². The molecule has 3 nitrogen and oxygen atoms in total. The van der Waals surface area contributed by atoms with Gasteiger partial charge in [0.15, 0.2) is 0 Å². The lowest BCUT2D eigenvalue weighted by molar-refractivity contribution is 0.149. The molecule has 1 aromatic heterocycles. The van der Waals surface area contributed by atoms with Gasteiger partial charge >= 0.3 is 0 Å². The molecule has 2 heterocycles. The lowest BCUT2D eigenvalue weighted by Gasteiger charge is -2.21. The van der Waals surface area contributed by atoms with Crippen LogP contribution in [-0.4, -0.2) is 22.9 Å². The molecule has 0 bridgehead atoms. The van der Waals surface area contributed by atoms with E-state index in [4.69, 9.17) is 0 Å². The minimum Gasteiger partial charge on any atom is -0.317 e. The molecule has 16 heavy (non-hydrogen) atoms. The van der Waals surface area contributed by atoms with E-state index in [0.717, 1.165) is 25.9 Å². The number of hydrogen-bond donors (Lipinski definition) is 1. The van der Waals surface area contributed by atoms with Gasteiger partial charge in [0.2, 0.25) is 0 Å². The van der Waals surface area contributed by atoms with Crippen LogP contribution in [0, 0.1) is 0 Å². The van der Waals surface area contributed by atoms with E-state index in [1.165, 1.54) is 6.20 Å². The molecule has 0 aliphatic carbocycles. The van der Waals surface area contributed by atoms with E-state index in [9.17, 15) is 8.78 Å². The van der Waals surface area contributed by atoms with E-state index >= 15 is 0 Å². The van der Waals surface area contributed by atoms with Gasteiger partial charge in [-0.25, -0.2) is 8.78 Å². The summed E-state index contributed by atoms with van der Waals surface area (Å²) in [5.41, 5.74) is 0.729. The summed E-state index contributed by atoms with van der Waals surface area (Å²) in [7, 11) is 0. The molecule has 1 aliphatic heterocycles. The van der Waals surface area contributed by atoms with Crippen LogP contribution in [-0.2, 0) is 6.54 Å². The van der Waals surface area contributed by atoms with Crippen molar-refractivity contribution in [2.75, 3.05) is 13.1 Å². The molecule has 0 amide bonds. The van der Waals surface area contributed by atoms with Gasteiger partial charge < -0.3 is 5.32 Å². The molecule has 90 valence electrons. The van der Waals surface area contributed by atoms with Gasteiger partial charge in [0.25, 0.3) is 6.43 Å². The number of aryl methyl sites for hydroxylation is 1. The molecular formula is C11H17F2N3. The fourth-order valence-electron chi connectivity index (χ4n) is 2.19. The minimum atomic E-state index is -2.41. The van der Waals surface area contributed by atoms with Crippen molar-refractivity contribution in [1.82, 2.24) is 15.1 Å². The second-order valence-electron chi connectivity index (χ2n) is 4.15. The molecule has 1 saturated heterocycles. The van der Waals surface area contributed by atoms with Gasteiger partial charge in [0.05, 0.1) is 11.3 Å². The van der Waals surface area contributed by atoms with Gasteiger partial charge in [-0.05, 0) is 32.9 Å². The van der Waals surface area contributed by atoms with Crippen LogP contribution in [0.25, 0.3) is 0 Å². The number of halogens is 2. The summed E-state index contributed by atoms with van der Waals surface area (Å²) in [5, 5.41) is 7.51. The predicted molar refractivity (Wildman–Crippen MR) is 57.7 cm³/mol. The lowest BCUT2D eigenvalue weighted by Crippen LogP contribution is -2.27. The second kappa shape index (κ2) is 4.91. The molecular weight excluding hydrogens is 212 g/mol. The Balaban J connectivity index is 2.26. The maximum Gasteiger partial charge on any atom is 0.267 e. The van der Waals surface area contributed by atoms with E-state index in [2.05, 4.69) is 10.4 Å². The zero-order chi connectivity index (χ0) is 11.5. The molecule has 1 fully saturated rings. The van der Waals surface area contributed by atoms with Crippen LogP contribution in [0.15, 0.2) is 6.20 Å². The van der Waals surface area contributed by atoms with Crippen LogP contribution in [0.3, 0.4) is 0 Å². The van der Waals surface area contributed by atoms with Crippen molar-refractivity contribution in [2.24, 2.45) is 0 Å². The van der Waals surface area contributed by atoms with Crippen LogP contribution in [0.4, 0.5) is 8.78 Å². The van der Waals surface area contributed by atoms with E-state index < -0.39 is 6.43 Å². The summed E-state index contributed by atoms with van der Waals surface area (Å²) in [5.74, 6) is 0.193. The first kappa shape index (κ1) is 11.5. The summed E-state index contributed by atoms with van der Waals surface area (Å²) in [4.78, 5) is 0. The zero-order valence-corrected chi connectivity index (χ0v) is 9.42. The molecule has 5 heteroatoms. The van der Waals surface area contributed by atoms with Crippen molar-refractivity contribution >= 4 is 0 Å². The van der Waals surface area contributed by atoms with Crippen molar-refractivity contribution in [3.63, 3.8) is 0 Å². The fraction of sp³-hybridized carbons (Fsp3) is 0.727. The van der Waals surface area contributed by atoms with E-state index in [-0.39, 0.29) is 11.5 Å². The summed E-state index contributed by atoms with van der Waals surface area (Å²) >= 11 is 0. The first-order chi connectivity index (χ1) is 7.72. The maximum absolute atomic E-state index is 12.9.